The molecular formula is C16H22O. The highest BCUT2D eigenvalue weighted by molar-refractivity contribution is 5.77. The molecule has 0 aromatic heterocycles. The van der Waals surface area contributed by atoms with Crippen LogP contribution in [0.5, 0.6) is 0 Å². The van der Waals surface area contributed by atoms with Gasteiger partial charge in [0.25, 0.3) is 0 Å². The van der Waals surface area contributed by atoms with Crippen LogP contribution in [0.25, 0.3) is 0 Å². The van der Waals surface area contributed by atoms with E-state index in [1.165, 1.54) is 5.56 Å². The Morgan fingerprint density at radius 1 is 1.18 bits per heavy atom. The van der Waals surface area contributed by atoms with Crippen molar-refractivity contribution in [2.75, 3.05) is 0 Å². The number of carbonyl (C=O) groups excluding carboxylic acids is 1. The standard InChI is InChI=1S/C16H22O/c1-5-16(11-13(2)3,12-14(4)17)15-9-7-6-8-10-15/h6-10H,2,5,11-12H2,1,3-4H3. The maximum Gasteiger partial charge on any atom is 0.130 e. The van der Waals surface area contributed by atoms with Crippen LogP contribution < -0.4 is 0 Å². The summed E-state index contributed by atoms with van der Waals surface area (Å²) in [6, 6.07) is 10.3. The van der Waals surface area contributed by atoms with Gasteiger partial charge in [-0.3, -0.25) is 4.79 Å². The lowest BCUT2D eigenvalue weighted by Gasteiger charge is -2.33. The average Bonchev–Trinajstić information content (AvgIpc) is 2.28. The summed E-state index contributed by atoms with van der Waals surface area (Å²) in [6.45, 7) is 9.87. The van der Waals surface area contributed by atoms with Crippen LogP contribution >= 0.6 is 0 Å². The zero-order chi connectivity index (χ0) is 12.9. The first-order chi connectivity index (χ1) is 8.00. The first-order valence-electron chi connectivity index (χ1n) is 6.19. The molecule has 1 unspecified atom stereocenters. The van der Waals surface area contributed by atoms with Gasteiger partial charge in [0.15, 0.2) is 0 Å². The third kappa shape index (κ3) is 3.55. The van der Waals surface area contributed by atoms with Gasteiger partial charge in [-0.1, -0.05) is 42.8 Å². The Kier molecular flexibility index (Phi) is 4.68. The van der Waals surface area contributed by atoms with Crippen LogP contribution in [0.4, 0.5) is 0 Å². The van der Waals surface area contributed by atoms with E-state index in [-0.39, 0.29) is 11.2 Å². The van der Waals surface area contributed by atoms with Gasteiger partial charge < -0.3 is 0 Å². The molecule has 1 rings (SSSR count). The van der Waals surface area contributed by atoms with Crippen LogP contribution in [0.2, 0.25) is 0 Å². The lowest BCUT2D eigenvalue weighted by atomic mass is 9.70. The maximum absolute atomic E-state index is 11.5. The van der Waals surface area contributed by atoms with Gasteiger partial charge in [-0.25, -0.2) is 0 Å². The molecule has 1 atom stereocenters. The number of carbonyl (C=O) groups is 1. The fourth-order valence-electron chi connectivity index (χ4n) is 2.57. The summed E-state index contributed by atoms with van der Waals surface area (Å²) >= 11 is 0. The second kappa shape index (κ2) is 5.81. The molecule has 1 nitrogen and oxygen atoms in total. The van der Waals surface area contributed by atoms with Crippen molar-refractivity contribution in [1.29, 1.82) is 0 Å². The van der Waals surface area contributed by atoms with Crippen LogP contribution in [0.15, 0.2) is 42.5 Å². The van der Waals surface area contributed by atoms with E-state index in [1.54, 1.807) is 6.92 Å². The molecule has 0 N–H and O–H groups in total. The topological polar surface area (TPSA) is 17.1 Å². The van der Waals surface area contributed by atoms with E-state index in [0.717, 1.165) is 18.4 Å². The van der Waals surface area contributed by atoms with Gasteiger partial charge in [0, 0.05) is 11.8 Å². The Balaban J connectivity index is 3.15. The van der Waals surface area contributed by atoms with Crippen molar-refractivity contribution < 1.29 is 4.79 Å². The maximum atomic E-state index is 11.5. The fourth-order valence-corrected chi connectivity index (χ4v) is 2.57. The fraction of sp³-hybridized carbons (Fsp3) is 0.438. The number of ketones is 1. The molecule has 0 spiro atoms. The van der Waals surface area contributed by atoms with E-state index in [9.17, 15) is 4.79 Å². The Bertz CT molecular complexity index is 373. The third-order valence-electron chi connectivity index (χ3n) is 3.29. The van der Waals surface area contributed by atoms with Crippen molar-refractivity contribution in [3.8, 4) is 0 Å². The largest absolute Gasteiger partial charge is 0.300 e. The Labute approximate surface area is 105 Å². The lowest BCUT2D eigenvalue weighted by Crippen LogP contribution is -2.28. The summed E-state index contributed by atoms with van der Waals surface area (Å²) < 4.78 is 0. The first kappa shape index (κ1) is 13.7. The van der Waals surface area contributed by atoms with Crippen LogP contribution in [0.3, 0.4) is 0 Å². The van der Waals surface area contributed by atoms with E-state index in [2.05, 4.69) is 25.6 Å². The van der Waals surface area contributed by atoms with Gasteiger partial charge in [-0.2, -0.15) is 0 Å². The molecule has 0 aliphatic heterocycles. The van der Waals surface area contributed by atoms with Gasteiger partial charge in [0.05, 0.1) is 0 Å². The van der Waals surface area contributed by atoms with Crippen molar-refractivity contribution in [2.24, 2.45) is 0 Å². The molecule has 0 heterocycles. The predicted molar refractivity (Wildman–Crippen MR) is 73.1 cm³/mol. The van der Waals surface area contributed by atoms with E-state index in [4.69, 9.17) is 0 Å². The van der Waals surface area contributed by atoms with Crippen molar-refractivity contribution in [1.82, 2.24) is 0 Å². The molecule has 0 fully saturated rings. The second-order valence-corrected chi connectivity index (χ2v) is 5.01. The minimum Gasteiger partial charge on any atom is -0.300 e. The van der Waals surface area contributed by atoms with Gasteiger partial charge >= 0.3 is 0 Å². The average molecular weight is 230 g/mol. The highest BCUT2D eigenvalue weighted by Gasteiger charge is 2.31. The highest BCUT2D eigenvalue weighted by Crippen LogP contribution is 2.37. The molecule has 1 aromatic rings. The summed E-state index contributed by atoms with van der Waals surface area (Å²) in [4.78, 5) is 11.5. The minimum atomic E-state index is -0.0705. The van der Waals surface area contributed by atoms with E-state index < -0.39 is 0 Å². The van der Waals surface area contributed by atoms with Crippen LogP contribution in [-0.2, 0) is 10.2 Å². The van der Waals surface area contributed by atoms with Gasteiger partial charge in [-0.15, -0.1) is 6.58 Å². The molecule has 17 heavy (non-hydrogen) atoms. The Morgan fingerprint density at radius 2 is 1.76 bits per heavy atom. The number of hydrogen-bond donors (Lipinski definition) is 0. The number of allylic oxidation sites excluding steroid dienone is 1. The number of hydrogen-bond acceptors (Lipinski definition) is 1. The summed E-state index contributed by atoms with van der Waals surface area (Å²) in [6.07, 6.45) is 2.44. The summed E-state index contributed by atoms with van der Waals surface area (Å²) in [5.74, 6) is 0.247. The molecule has 0 aliphatic rings. The molecule has 1 heteroatoms. The molecular weight excluding hydrogens is 208 g/mol. The third-order valence-corrected chi connectivity index (χ3v) is 3.29. The summed E-state index contributed by atoms with van der Waals surface area (Å²) in [7, 11) is 0. The van der Waals surface area contributed by atoms with Crippen LogP contribution in [-0.4, -0.2) is 5.78 Å². The molecule has 0 amide bonds. The van der Waals surface area contributed by atoms with Crippen molar-refractivity contribution in [3.63, 3.8) is 0 Å². The van der Waals surface area contributed by atoms with E-state index in [0.29, 0.717) is 6.42 Å². The molecule has 1 aromatic carbocycles. The van der Waals surface area contributed by atoms with Crippen LogP contribution in [0, 0.1) is 0 Å². The van der Waals surface area contributed by atoms with Crippen molar-refractivity contribution in [2.45, 2.75) is 45.4 Å². The normalized spacial score (nSPS) is 14.1. The molecule has 0 bridgehead atoms. The van der Waals surface area contributed by atoms with E-state index >= 15 is 0 Å². The molecule has 0 saturated carbocycles. The number of Topliss-reactive ketones (excluding diaryl/α,β-unsaturated/α-hetero) is 1. The predicted octanol–water partition coefficient (Wildman–Crippen LogP) is 4.28. The summed E-state index contributed by atoms with van der Waals surface area (Å²) in [5, 5.41) is 0. The minimum absolute atomic E-state index is 0.0705. The lowest BCUT2D eigenvalue weighted by molar-refractivity contribution is -0.118. The zero-order valence-electron chi connectivity index (χ0n) is 11.1. The first-order valence-corrected chi connectivity index (χ1v) is 6.19. The molecule has 92 valence electrons. The van der Waals surface area contributed by atoms with Crippen molar-refractivity contribution in [3.05, 3.63) is 48.0 Å². The monoisotopic (exact) mass is 230 g/mol. The van der Waals surface area contributed by atoms with Gasteiger partial charge in [0.2, 0.25) is 0 Å². The highest BCUT2D eigenvalue weighted by atomic mass is 16.1. The molecule has 0 aliphatic carbocycles. The second-order valence-electron chi connectivity index (χ2n) is 5.01. The number of rotatable bonds is 6. The van der Waals surface area contributed by atoms with E-state index in [1.807, 2.05) is 25.1 Å². The summed E-state index contributed by atoms with van der Waals surface area (Å²) in [5.41, 5.74) is 2.32. The SMILES string of the molecule is C=C(C)CC(CC)(CC(C)=O)c1ccccc1. The van der Waals surface area contributed by atoms with Gasteiger partial charge in [0.1, 0.15) is 5.78 Å². The van der Waals surface area contributed by atoms with Crippen molar-refractivity contribution >= 4 is 5.78 Å². The molecule has 0 saturated heterocycles. The Morgan fingerprint density at radius 3 is 2.18 bits per heavy atom. The molecule has 0 radical (unpaired) electrons. The Hall–Kier alpha value is -1.37. The number of benzene rings is 1. The van der Waals surface area contributed by atoms with Crippen LogP contribution in [0.1, 0.15) is 45.6 Å². The zero-order valence-corrected chi connectivity index (χ0v) is 11.1. The van der Waals surface area contributed by atoms with Gasteiger partial charge in [-0.05, 0) is 32.3 Å². The smallest absolute Gasteiger partial charge is 0.130 e. The quantitative estimate of drug-likeness (QED) is 0.667.